The lowest BCUT2D eigenvalue weighted by Crippen LogP contribution is -2.43. The van der Waals surface area contributed by atoms with Crippen molar-refractivity contribution in [2.45, 2.75) is 19.8 Å². The Bertz CT molecular complexity index is 1230. The van der Waals surface area contributed by atoms with Gasteiger partial charge in [-0.25, -0.2) is 4.68 Å². The zero-order valence-electron chi connectivity index (χ0n) is 20.0. The molecule has 8 nitrogen and oxygen atoms in total. The summed E-state index contributed by atoms with van der Waals surface area (Å²) in [7, 11) is 3.16. The molecule has 0 saturated carbocycles. The first kappa shape index (κ1) is 24.6. The first-order chi connectivity index (χ1) is 16.9. The van der Waals surface area contributed by atoms with E-state index in [1.807, 2.05) is 18.2 Å². The van der Waals surface area contributed by atoms with Gasteiger partial charge in [-0.3, -0.25) is 9.59 Å². The van der Waals surface area contributed by atoms with Crippen LogP contribution in [0.25, 0.3) is 16.9 Å². The van der Waals surface area contributed by atoms with Crippen molar-refractivity contribution in [3.8, 4) is 28.4 Å². The average Bonchev–Trinajstić information content (AvgIpc) is 3.33. The van der Waals surface area contributed by atoms with Crippen LogP contribution in [0.15, 0.2) is 48.5 Å². The van der Waals surface area contributed by atoms with E-state index in [4.69, 9.17) is 30.9 Å². The molecule has 9 heteroatoms. The Kier molecular flexibility index (Phi) is 7.60. The van der Waals surface area contributed by atoms with Gasteiger partial charge in [0.15, 0.2) is 0 Å². The van der Waals surface area contributed by atoms with Gasteiger partial charge in [0.25, 0.3) is 5.91 Å². The highest BCUT2D eigenvalue weighted by atomic mass is 35.5. The summed E-state index contributed by atoms with van der Waals surface area (Å²) in [5.74, 6) is 0.396. The Morgan fingerprint density at radius 2 is 1.94 bits per heavy atom. The molecule has 1 aliphatic rings. The van der Waals surface area contributed by atoms with E-state index in [1.54, 1.807) is 61.1 Å². The van der Waals surface area contributed by atoms with Gasteiger partial charge in [0, 0.05) is 29.7 Å². The largest absolute Gasteiger partial charge is 0.497 e. The average molecular weight is 498 g/mol. The van der Waals surface area contributed by atoms with E-state index < -0.39 is 0 Å². The smallest absolute Gasteiger partial charge is 0.310 e. The summed E-state index contributed by atoms with van der Waals surface area (Å²) in [6.45, 7) is 2.95. The molecule has 1 aliphatic heterocycles. The van der Waals surface area contributed by atoms with Gasteiger partial charge in [0.1, 0.15) is 17.2 Å². The Morgan fingerprint density at radius 1 is 1.11 bits per heavy atom. The molecule has 0 aliphatic carbocycles. The number of halogens is 1. The third-order valence-electron chi connectivity index (χ3n) is 5.99. The van der Waals surface area contributed by atoms with Gasteiger partial charge in [-0.05, 0) is 56.2 Å². The normalized spacial score (nSPS) is 15.5. The maximum absolute atomic E-state index is 13.7. The van der Waals surface area contributed by atoms with Gasteiger partial charge in [0.05, 0.1) is 38.1 Å². The fourth-order valence-corrected chi connectivity index (χ4v) is 4.44. The number of aromatic nitrogens is 2. The summed E-state index contributed by atoms with van der Waals surface area (Å²) in [5.41, 5.74) is 2.29. The second kappa shape index (κ2) is 10.8. The minimum absolute atomic E-state index is 0.217. The summed E-state index contributed by atoms with van der Waals surface area (Å²) >= 11 is 6.24. The van der Waals surface area contributed by atoms with E-state index in [0.29, 0.717) is 65.3 Å². The molecule has 1 atom stereocenters. The Morgan fingerprint density at radius 3 is 2.66 bits per heavy atom. The topological polar surface area (TPSA) is 82.9 Å². The molecule has 0 radical (unpaired) electrons. The van der Waals surface area contributed by atoms with E-state index >= 15 is 0 Å². The van der Waals surface area contributed by atoms with Gasteiger partial charge < -0.3 is 19.1 Å². The summed E-state index contributed by atoms with van der Waals surface area (Å²) < 4.78 is 17.6. The number of carbonyl (C=O) groups excluding carboxylic acids is 2. The predicted molar refractivity (Wildman–Crippen MR) is 132 cm³/mol. The molecule has 1 aromatic heterocycles. The monoisotopic (exact) mass is 497 g/mol. The van der Waals surface area contributed by atoms with E-state index in [1.165, 1.54) is 0 Å². The van der Waals surface area contributed by atoms with Crippen molar-refractivity contribution >= 4 is 23.5 Å². The molecule has 1 unspecified atom stereocenters. The summed E-state index contributed by atoms with van der Waals surface area (Å²) in [5, 5.41) is 5.28. The molecule has 1 fully saturated rings. The minimum atomic E-state index is -0.337. The number of likely N-dealkylation sites (tertiary alicyclic amines) is 1. The van der Waals surface area contributed by atoms with Crippen LogP contribution in [0.5, 0.6) is 11.5 Å². The number of hydrogen-bond acceptors (Lipinski definition) is 6. The van der Waals surface area contributed by atoms with Crippen molar-refractivity contribution in [2.75, 3.05) is 33.9 Å². The first-order valence-electron chi connectivity index (χ1n) is 11.5. The third kappa shape index (κ3) is 5.27. The maximum atomic E-state index is 13.7. The molecule has 35 heavy (non-hydrogen) atoms. The van der Waals surface area contributed by atoms with Crippen LogP contribution in [0.1, 0.15) is 30.3 Å². The lowest BCUT2D eigenvalue weighted by atomic mass is 9.98. The van der Waals surface area contributed by atoms with Crippen LogP contribution in [-0.2, 0) is 9.53 Å². The highest BCUT2D eigenvalue weighted by Crippen LogP contribution is 2.34. The second-order valence-corrected chi connectivity index (χ2v) is 8.65. The molecule has 1 saturated heterocycles. The molecule has 1 amide bonds. The molecular weight excluding hydrogens is 470 g/mol. The summed E-state index contributed by atoms with van der Waals surface area (Å²) in [6, 6.07) is 14.3. The number of nitrogens with zero attached hydrogens (tertiary/aromatic N) is 3. The number of hydrogen-bond donors (Lipinski definition) is 0. The van der Waals surface area contributed by atoms with Crippen LogP contribution in [-0.4, -0.2) is 60.5 Å². The Hall–Kier alpha value is -3.52. The number of amides is 1. The van der Waals surface area contributed by atoms with Crippen LogP contribution in [0.2, 0.25) is 5.02 Å². The standard InChI is InChI=1S/C26H28ClN3O5/c1-4-35-26(32)17-7-6-12-29(16-17)25(31)23-15-22(21-11-10-20(33-2)14-24(21)34-3)28-30(23)19-9-5-8-18(27)13-19/h5,8-11,13-15,17H,4,6-7,12,16H2,1-3H3. The number of ether oxygens (including phenoxy) is 3. The van der Waals surface area contributed by atoms with Crippen molar-refractivity contribution in [2.24, 2.45) is 5.92 Å². The predicted octanol–water partition coefficient (Wildman–Crippen LogP) is 4.63. The summed E-state index contributed by atoms with van der Waals surface area (Å²) in [6.07, 6.45) is 1.42. The highest BCUT2D eigenvalue weighted by molar-refractivity contribution is 6.30. The maximum Gasteiger partial charge on any atom is 0.310 e. The van der Waals surface area contributed by atoms with E-state index in [9.17, 15) is 9.59 Å². The van der Waals surface area contributed by atoms with Crippen LogP contribution in [0, 0.1) is 5.92 Å². The van der Waals surface area contributed by atoms with E-state index in [-0.39, 0.29) is 17.8 Å². The Labute approximate surface area is 209 Å². The zero-order chi connectivity index (χ0) is 24.9. The van der Waals surface area contributed by atoms with Crippen molar-refractivity contribution in [1.82, 2.24) is 14.7 Å². The molecule has 3 aromatic rings. The first-order valence-corrected chi connectivity index (χ1v) is 11.9. The number of carbonyl (C=O) groups is 2. The van der Waals surface area contributed by atoms with Crippen molar-refractivity contribution in [3.05, 3.63) is 59.2 Å². The number of esters is 1. The van der Waals surface area contributed by atoms with Gasteiger partial charge in [0.2, 0.25) is 0 Å². The van der Waals surface area contributed by atoms with E-state index in [0.717, 1.165) is 6.42 Å². The lowest BCUT2D eigenvalue weighted by Gasteiger charge is -2.31. The van der Waals surface area contributed by atoms with Crippen LogP contribution in [0.4, 0.5) is 0 Å². The number of methoxy groups -OCH3 is 2. The fourth-order valence-electron chi connectivity index (χ4n) is 4.26. The molecule has 0 N–H and O–H groups in total. The van der Waals surface area contributed by atoms with E-state index in [2.05, 4.69) is 0 Å². The van der Waals surface area contributed by atoms with Crippen molar-refractivity contribution in [1.29, 1.82) is 0 Å². The lowest BCUT2D eigenvalue weighted by molar-refractivity contribution is -0.149. The van der Waals surface area contributed by atoms with Crippen LogP contribution >= 0.6 is 11.6 Å². The van der Waals surface area contributed by atoms with Crippen LogP contribution < -0.4 is 9.47 Å². The molecule has 4 rings (SSSR count). The summed E-state index contributed by atoms with van der Waals surface area (Å²) in [4.78, 5) is 27.7. The quantitative estimate of drug-likeness (QED) is 0.443. The number of rotatable bonds is 7. The van der Waals surface area contributed by atoms with Crippen molar-refractivity contribution in [3.63, 3.8) is 0 Å². The Balaban J connectivity index is 1.75. The molecule has 0 spiro atoms. The molecule has 184 valence electrons. The zero-order valence-corrected chi connectivity index (χ0v) is 20.7. The third-order valence-corrected chi connectivity index (χ3v) is 6.23. The SMILES string of the molecule is CCOC(=O)C1CCCN(C(=O)c2cc(-c3ccc(OC)cc3OC)nn2-c2cccc(Cl)c2)C1. The molecule has 0 bridgehead atoms. The van der Waals surface area contributed by atoms with Gasteiger partial charge in [-0.1, -0.05) is 17.7 Å². The van der Waals surface area contributed by atoms with Crippen molar-refractivity contribution < 1.29 is 23.8 Å². The second-order valence-electron chi connectivity index (χ2n) is 8.22. The van der Waals surface area contributed by atoms with Crippen LogP contribution in [0.3, 0.4) is 0 Å². The molecular formula is C26H28ClN3O5. The van der Waals surface area contributed by atoms with Gasteiger partial charge in [-0.15, -0.1) is 0 Å². The van der Waals surface area contributed by atoms with Gasteiger partial charge >= 0.3 is 5.97 Å². The van der Waals surface area contributed by atoms with Gasteiger partial charge in [-0.2, -0.15) is 5.10 Å². The molecule has 2 heterocycles. The minimum Gasteiger partial charge on any atom is -0.497 e. The number of benzene rings is 2. The molecule has 2 aromatic carbocycles. The highest BCUT2D eigenvalue weighted by Gasteiger charge is 2.32. The number of piperidine rings is 1. The fraction of sp³-hybridized carbons (Fsp3) is 0.346.